The fourth-order valence-electron chi connectivity index (χ4n) is 2.83. The third-order valence-corrected chi connectivity index (χ3v) is 6.27. The van der Waals surface area contributed by atoms with Gasteiger partial charge >= 0.3 is 0 Å². The van der Waals surface area contributed by atoms with E-state index in [-0.39, 0.29) is 0 Å². The van der Waals surface area contributed by atoms with Crippen molar-refractivity contribution in [3.05, 3.63) is 12.1 Å². The summed E-state index contributed by atoms with van der Waals surface area (Å²) in [5.74, 6) is 2.06. The summed E-state index contributed by atoms with van der Waals surface area (Å²) in [6.45, 7) is 9.69. The van der Waals surface area contributed by atoms with Crippen LogP contribution in [-0.2, 0) is 9.47 Å². The van der Waals surface area contributed by atoms with Gasteiger partial charge in [-0.15, -0.1) is 23.5 Å². The average Bonchev–Trinajstić information content (AvgIpc) is 2.66. The second kappa shape index (κ2) is 10.6. The number of morpholine rings is 2. The smallest absolute Gasteiger partial charge is 0.120 e. The highest BCUT2D eigenvalue weighted by atomic mass is 32.2. The van der Waals surface area contributed by atoms with Crippen LogP contribution in [0.1, 0.15) is 0 Å². The third kappa shape index (κ3) is 6.62. The minimum Gasteiger partial charge on any atom is -0.397 e. The van der Waals surface area contributed by atoms with Crippen LogP contribution in [0.5, 0.6) is 0 Å². The normalized spacial score (nSPS) is 20.0. The van der Waals surface area contributed by atoms with Crippen molar-refractivity contribution in [1.29, 1.82) is 0 Å². The molecular formula is C17H28N4O2S2. The number of hydrogen-bond acceptors (Lipinski definition) is 8. The lowest BCUT2D eigenvalue weighted by Crippen LogP contribution is -2.37. The van der Waals surface area contributed by atoms with Crippen LogP contribution in [0.25, 0.3) is 0 Å². The van der Waals surface area contributed by atoms with E-state index in [1.54, 1.807) is 11.8 Å². The first kappa shape index (κ1) is 19.3. The molecule has 0 unspecified atom stereocenters. The monoisotopic (exact) mass is 384 g/mol. The fourth-order valence-corrected chi connectivity index (χ4v) is 4.71. The molecule has 0 spiro atoms. The van der Waals surface area contributed by atoms with Gasteiger partial charge in [0.05, 0.1) is 37.1 Å². The first-order valence-electron chi connectivity index (χ1n) is 8.93. The van der Waals surface area contributed by atoms with Crippen molar-refractivity contribution in [2.24, 2.45) is 0 Å². The van der Waals surface area contributed by atoms with E-state index in [9.17, 15) is 0 Å². The van der Waals surface area contributed by atoms with Gasteiger partial charge in [0.25, 0.3) is 0 Å². The van der Waals surface area contributed by atoms with Crippen LogP contribution < -0.4 is 5.73 Å². The zero-order chi connectivity index (χ0) is 17.3. The Balaban J connectivity index is 1.41. The van der Waals surface area contributed by atoms with Crippen LogP contribution in [-0.4, -0.2) is 92.0 Å². The molecule has 2 saturated heterocycles. The Hall–Kier alpha value is -0.510. The minimum atomic E-state index is 0.782. The van der Waals surface area contributed by atoms with Crippen molar-refractivity contribution < 1.29 is 9.47 Å². The number of rotatable bonds is 8. The van der Waals surface area contributed by atoms with Crippen molar-refractivity contribution in [3.8, 4) is 0 Å². The Bertz CT molecular complexity index is 523. The lowest BCUT2D eigenvalue weighted by Gasteiger charge is -2.26. The molecule has 1 aromatic heterocycles. The van der Waals surface area contributed by atoms with Gasteiger partial charge in [0.1, 0.15) is 5.03 Å². The molecule has 2 N–H and O–H groups in total. The summed E-state index contributed by atoms with van der Waals surface area (Å²) in [6, 6.07) is 4.02. The minimum absolute atomic E-state index is 0.782. The van der Waals surface area contributed by atoms with E-state index < -0.39 is 0 Å². The Morgan fingerprint density at radius 2 is 1.44 bits per heavy atom. The first-order chi connectivity index (χ1) is 12.3. The van der Waals surface area contributed by atoms with Crippen molar-refractivity contribution in [1.82, 2.24) is 14.8 Å². The number of nitrogens with two attached hydrogens (primary N) is 1. The zero-order valence-corrected chi connectivity index (χ0v) is 16.3. The number of nitrogen functional groups attached to an aromatic ring is 1. The number of aromatic nitrogens is 1. The largest absolute Gasteiger partial charge is 0.397 e. The molecule has 2 aliphatic rings. The molecule has 2 aliphatic heterocycles. The van der Waals surface area contributed by atoms with Gasteiger partial charge in [-0.2, -0.15) is 0 Å². The second-order valence-electron chi connectivity index (χ2n) is 6.15. The highest BCUT2D eigenvalue weighted by Crippen LogP contribution is 2.26. The molecule has 0 bridgehead atoms. The van der Waals surface area contributed by atoms with Gasteiger partial charge in [0.15, 0.2) is 0 Å². The van der Waals surface area contributed by atoms with E-state index in [0.29, 0.717) is 0 Å². The summed E-state index contributed by atoms with van der Waals surface area (Å²) in [5.41, 5.74) is 6.89. The predicted octanol–water partition coefficient (Wildman–Crippen LogP) is 1.51. The molecule has 8 heteroatoms. The van der Waals surface area contributed by atoms with E-state index in [4.69, 9.17) is 20.2 Å². The van der Waals surface area contributed by atoms with Crippen LogP contribution in [0.15, 0.2) is 22.2 Å². The fraction of sp³-hybridized carbons (Fsp3) is 0.706. The van der Waals surface area contributed by atoms with Gasteiger partial charge in [-0.1, -0.05) is 0 Å². The highest BCUT2D eigenvalue weighted by molar-refractivity contribution is 8.00. The van der Waals surface area contributed by atoms with Gasteiger partial charge in [-0.3, -0.25) is 9.80 Å². The molecule has 0 aromatic carbocycles. The van der Waals surface area contributed by atoms with Crippen molar-refractivity contribution in [2.75, 3.05) is 82.9 Å². The van der Waals surface area contributed by atoms with Crippen LogP contribution >= 0.6 is 23.5 Å². The average molecular weight is 385 g/mol. The first-order valence-corrected chi connectivity index (χ1v) is 10.9. The van der Waals surface area contributed by atoms with E-state index >= 15 is 0 Å². The number of ether oxygens (including phenoxy) is 2. The topological polar surface area (TPSA) is 63.8 Å². The van der Waals surface area contributed by atoms with Crippen LogP contribution in [0.3, 0.4) is 0 Å². The summed E-state index contributed by atoms with van der Waals surface area (Å²) >= 11 is 3.57. The Morgan fingerprint density at radius 3 is 2.04 bits per heavy atom. The molecule has 0 atom stereocenters. The number of hydrogen-bond donors (Lipinski definition) is 1. The molecule has 0 amide bonds. The van der Waals surface area contributed by atoms with E-state index in [2.05, 4.69) is 9.80 Å². The van der Waals surface area contributed by atoms with Gasteiger partial charge in [0, 0.05) is 50.8 Å². The lowest BCUT2D eigenvalue weighted by molar-refractivity contribution is 0.0409. The standard InChI is InChI=1S/C17H28N4O2S2/c18-15-1-2-16(24-13-7-20-3-9-22-10-4-20)19-17(15)25-14-8-21-5-11-23-12-6-21/h1-2H,3-14,18H2. The van der Waals surface area contributed by atoms with Crippen molar-refractivity contribution in [2.45, 2.75) is 10.1 Å². The van der Waals surface area contributed by atoms with Crippen LogP contribution in [0.4, 0.5) is 5.69 Å². The highest BCUT2D eigenvalue weighted by Gasteiger charge is 2.12. The Morgan fingerprint density at radius 1 is 0.880 bits per heavy atom. The number of pyridine rings is 1. The number of nitrogens with zero attached hydrogens (tertiary/aromatic N) is 3. The maximum atomic E-state index is 6.11. The van der Waals surface area contributed by atoms with Crippen LogP contribution in [0.2, 0.25) is 0 Å². The lowest BCUT2D eigenvalue weighted by atomic mass is 10.4. The van der Waals surface area contributed by atoms with Crippen molar-refractivity contribution >= 4 is 29.2 Å². The third-order valence-electron chi connectivity index (χ3n) is 4.38. The molecule has 6 nitrogen and oxygen atoms in total. The summed E-state index contributed by atoms with van der Waals surface area (Å²) in [7, 11) is 0. The quantitative estimate of drug-likeness (QED) is 0.677. The molecule has 1 aromatic rings. The zero-order valence-electron chi connectivity index (χ0n) is 14.7. The molecule has 0 radical (unpaired) electrons. The summed E-state index contributed by atoms with van der Waals surface area (Å²) in [6.07, 6.45) is 0. The molecule has 140 valence electrons. The molecule has 25 heavy (non-hydrogen) atoms. The van der Waals surface area contributed by atoms with Gasteiger partial charge in [-0.25, -0.2) is 4.98 Å². The van der Waals surface area contributed by atoms with E-state index in [0.717, 1.165) is 92.9 Å². The number of thioether (sulfide) groups is 2. The Labute approximate surface area is 158 Å². The predicted molar refractivity (Wildman–Crippen MR) is 105 cm³/mol. The van der Waals surface area contributed by atoms with E-state index in [1.165, 1.54) is 0 Å². The maximum Gasteiger partial charge on any atom is 0.120 e. The molecule has 3 rings (SSSR count). The summed E-state index contributed by atoms with van der Waals surface area (Å²) < 4.78 is 10.8. The van der Waals surface area contributed by atoms with Crippen LogP contribution in [0, 0.1) is 0 Å². The molecular weight excluding hydrogens is 356 g/mol. The molecule has 2 fully saturated rings. The van der Waals surface area contributed by atoms with Gasteiger partial charge < -0.3 is 15.2 Å². The van der Waals surface area contributed by atoms with Crippen molar-refractivity contribution in [3.63, 3.8) is 0 Å². The molecule has 3 heterocycles. The molecule has 0 saturated carbocycles. The summed E-state index contributed by atoms with van der Waals surface area (Å²) in [4.78, 5) is 9.64. The second-order valence-corrected chi connectivity index (χ2v) is 8.35. The molecule has 0 aliphatic carbocycles. The SMILES string of the molecule is Nc1ccc(SCCN2CCOCC2)nc1SCCN1CCOCC1. The Kier molecular flexibility index (Phi) is 8.16. The number of anilines is 1. The maximum absolute atomic E-state index is 6.11. The summed E-state index contributed by atoms with van der Waals surface area (Å²) in [5, 5.41) is 2.03. The van der Waals surface area contributed by atoms with Gasteiger partial charge in [-0.05, 0) is 12.1 Å². The van der Waals surface area contributed by atoms with Gasteiger partial charge in [0.2, 0.25) is 0 Å². The van der Waals surface area contributed by atoms with E-state index in [1.807, 2.05) is 23.9 Å².